The smallest absolute Gasteiger partial charge is 0.225 e. The summed E-state index contributed by atoms with van der Waals surface area (Å²) in [5.74, 6) is 0.0548. The molecule has 1 aromatic heterocycles. The zero-order valence-corrected chi connectivity index (χ0v) is 13.4. The van der Waals surface area contributed by atoms with Crippen molar-refractivity contribution in [2.24, 2.45) is 5.92 Å². The molecular formula is C18H23N3O2. The van der Waals surface area contributed by atoms with Gasteiger partial charge in [-0.15, -0.1) is 0 Å². The summed E-state index contributed by atoms with van der Waals surface area (Å²) in [5.41, 5.74) is 2.33. The van der Waals surface area contributed by atoms with E-state index in [-0.39, 0.29) is 17.9 Å². The van der Waals surface area contributed by atoms with Crippen molar-refractivity contribution >= 4 is 5.91 Å². The van der Waals surface area contributed by atoms with Crippen molar-refractivity contribution in [1.82, 2.24) is 14.9 Å². The second kappa shape index (κ2) is 7.42. The Morgan fingerprint density at radius 3 is 2.96 bits per heavy atom. The number of carbonyl (C=O) groups excluding carboxylic acids is 1. The number of nitrogens with zero attached hydrogens (tertiary/aromatic N) is 2. The standard InChI is InChI=1S/C18H23N3O2/c1-14-17(7-4-10-23-14)18(22)20-11-15-5-2-3-6-16(15)12-21-9-8-19-13-21/h2-3,5-6,8-9,13-14,17H,4,7,10-12H2,1H3,(H,20,22)/t14-,17-/m1/s1. The highest BCUT2D eigenvalue weighted by molar-refractivity contribution is 5.79. The lowest BCUT2D eigenvalue weighted by molar-refractivity contribution is -0.133. The van der Waals surface area contributed by atoms with Crippen molar-refractivity contribution in [3.63, 3.8) is 0 Å². The van der Waals surface area contributed by atoms with Crippen molar-refractivity contribution in [2.75, 3.05) is 6.61 Å². The van der Waals surface area contributed by atoms with E-state index in [2.05, 4.69) is 22.4 Å². The number of benzene rings is 1. The highest BCUT2D eigenvalue weighted by Gasteiger charge is 2.28. The number of aromatic nitrogens is 2. The molecule has 0 saturated carbocycles. The van der Waals surface area contributed by atoms with Crippen molar-refractivity contribution in [3.05, 3.63) is 54.1 Å². The first-order valence-corrected chi connectivity index (χ1v) is 8.16. The van der Waals surface area contributed by atoms with Gasteiger partial charge in [0.05, 0.1) is 18.3 Å². The molecule has 2 aromatic rings. The van der Waals surface area contributed by atoms with Gasteiger partial charge in [-0.2, -0.15) is 0 Å². The van der Waals surface area contributed by atoms with Crippen LogP contribution in [-0.4, -0.2) is 28.2 Å². The first-order chi connectivity index (χ1) is 11.2. The maximum atomic E-state index is 12.4. The van der Waals surface area contributed by atoms with Gasteiger partial charge in [0.25, 0.3) is 0 Å². The van der Waals surface area contributed by atoms with E-state index in [4.69, 9.17) is 4.74 Å². The lowest BCUT2D eigenvalue weighted by atomic mass is 9.94. The second-order valence-electron chi connectivity index (χ2n) is 6.05. The number of hydrogen-bond donors (Lipinski definition) is 1. The van der Waals surface area contributed by atoms with Crippen LogP contribution in [0, 0.1) is 5.92 Å². The maximum absolute atomic E-state index is 12.4. The molecule has 0 radical (unpaired) electrons. The van der Waals surface area contributed by atoms with E-state index in [1.807, 2.05) is 29.8 Å². The zero-order valence-electron chi connectivity index (χ0n) is 13.4. The lowest BCUT2D eigenvalue weighted by Gasteiger charge is -2.28. The molecule has 2 atom stereocenters. The van der Waals surface area contributed by atoms with Crippen molar-refractivity contribution < 1.29 is 9.53 Å². The van der Waals surface area contributed by atoms with E-state index in [1.165, 1.54) is 5.56 Å². The molecule has 0 unspecified atom stereocenters. The topological polar surface area (TPSA) is 56.1 Å². The Bertz CT molecular complexity index is 639. The predicted molar refractivity (Wildman–Crippen MR) is 87.8 cm³/mol. The van der Waals surface area contributed by atoms with Gasteiger partial charge in [-0.1, -0.05) is 24.3 Å². The first-order valence-electron chi connectivity index (χ1n) is 8.16. The van der Waals surface area contributed by atoms with Gasteiger partial charge < -0.3 is 14.6 Å². The van der Waals surface area contributed by atoms with E-state index < -0.39 is 0 Å². The van der Waals surface area contributed by atoms with E-state index >= 15 is 0 Å². The fourth-order valence-electron chi connectivity index (χ4n) is 3.04. The molecule has 122 valence electrons. The molecule has 1 fully saturated rings. The van der Waals surface area contributed by atoms with Gasteiger partial charge in [0.2, 0.25) is 5.91 Å². The van der Waals surface area contributed by atoms with Gasteiger partial charge >= 0.3 is 0 Å². The van der Waals surface area contributed by atoms with Crippen LogP contribution < -0.4 is 5.32 Å². The summed E-state index contributed by atoms with van der Waals surface area (Å²) in [5, 5.41) is 3.08. The van der Waals surface area contributed by atoms with E-state index in [1.54, 1.807) is 12.5 Å². The highest BCUT2D eigenvalue weighted by Crippen LogP contribution is 2.21. The summed E-state index contributed by atoms with van der Waals surface area (Å²) >= 11 is 0. The van der Waals surface area contributed by atoms with Crippen LogP contribution in [0.4, 0.5) is 0 Å². The molecule has 1 amide bonds. The van der Waals surface area contributed by atoms with Crippen molar-refractivity contribution in [1.29, 1.82) is 0 Å². The maximum Gasteiger partial charge on any atom is 0.225 e. The van der Waals surface area contributed by atoms with E-state index in [0.29, 0.717) is 6.54 Å². The Balaban J connectivity index is 1.62. The van der Waals surface area contributed by atoms with Crippen LogP contribution >= 0.6 is 0 Å². The number of ether oxygens (including phenoxy) is 1. The molecule has 2 heterocycles. The Morgan fingerprint density at radius 2 is 2.22 bits per heavy atom. The Morgan fingerprint density at radius 1 is 1.39 bits per heavy atom. The van der Waals surface area contributed by atoms with Gasteiger partial charge in [0.15, 0.2) is 0 Å². The van der Waals surface area contributed by atoms with Crippen LogP contribution in [0.15, 0.2) is 43.0 Å². The summed E-state index contributed by atoms with van der Waals surface area (Å²) in [6, 6.07) is 8.18. The normalized spacial score (nSPS) is 21.1. The number of hydrogen-bond acceptors (Lipinski definition) is 3. The first kappa shape index (κ1) is 15.7. The molecule has 1 N–H and O–H groups in total. The second-order valence-corrected chi connectivity index (χ2v) is 6.05. The van der Waals surface area contributed by atoms with Crippen molar-refractivity contribution in [3.8, 4) is 0 Å². The fourth-order valence-corrected chi connectivity index (χ4v) is 3.04. The largest absolute Gasteiger partial charge is 0.378 e. The summed E-state index contributed by atoms with van der Waals surface area (Å²) in [6.45, 7) is 4.05. The Hall–Kier alpha value is -2.14. The van der Waals surface area contributed by atoms with Gasteiger partial charge in [-0.25, -0.2) is 4.98 Å². The molecule has 0 aliphatic carbocycles. The number of rotatable bonds is 5. The van der Waals surface area contributed by atoms with E-state index in [9.17, 15) is 4.79 Å². The molecule has 1 aliphatic heterocycles. The number of nitrogens with one attached hydrogen (secondary N) is 1. The molecule has 1 aromatic carbocycles. The van der Waals surface area contributed by atoms with Crippen LogP contribution in [-0.2, 0) is 22.6 Å². The average molecular weight is 313 g/mol. The molecule has 5 heteroatoms. The highest BCUT2D eigenvalue weighted by atomic mass is 16.5. The molecule has 23 heavy (non-hydrogen) atoms. The monoisotopic (exact) mass is 313 g/mol. The molecule has 1 aliphatic rings. The average Bonchev–Trinajstić information content (AvgIpc) is 3.07. The fraction of sp³-hybridized carbons (Fsp3) is 0.444. The minimum Gasteiger partial charge on any atom is -0.378 e. The third-order valence-electron chi connectivity index (χ3n) is 4.43. The molecular weight excluding hydrogens is 290 g/mol. The molecule has 1 saturated heterocycles. The minimum atomic E-state index is -0.0374. The van der Waals surface area contributed by atoms with Gasteiger partial charge in [-0.05, 0) is 30.9 Å². The number of carbonyl (C=O) groups is 1. The SMILES string of the molecule is C[C@H]1OCCC[C@H]1C(=O)NCc1ccccc1Cn1ccnc1. The summed E-state index contributed by atoms with van der Waals surface area (Å²) < 4.78 is 7.61. The van der Waals surface area contributed by atoms with Crippen molar-refractivity contribution in [2.45, 2.75) is 39.0 Å². The third kappa shape index (κ3) is 3.99. The van der Waals surface area contributed by atoms with Crippen LogP contribution in [0.5, 0.6) is 0 Å². The number of imidazole rings is 1. The lowest BCUT2D eigenvalue weighted by Crippen LogP contribution is -2.40. The van der Waals surface area contributed by atoms with Crippen LogP contribution in [0.3, 0.4) is 0 Å². The predicted octanol–water partition coefficient (Wildman–Crippen LogP) is 2.36. The minimum absolute atomic E-state index is 0.00458. The summed E-state index contributed by atoms with van der Waals surface area (Å²) in [6.07, 6.45) is 7.38. The molecule has 0 bridgehead atoms. The summed E-state index contributed by atoms with van der Waals surface area (Å²) in [7, 11) is 0. The molecule has 3 rings (SSSR count). The Labute approximate surface area is 136 Å². The van der Waals surface area contributed by atoms with Crippen LogP contribution in [0.1, 0.15) is 30.9 Å². The quantitative estimate of drug-likeness (QED) is 0.922. The van der Waals surface area contributed by atoms with E-state index in [0.717, 1.165) is 31.6 Å². The van der Waals surface area contributed by atoms with Crippen LogP contribution in [0.25, 0.3) is 0 Å². The number of amides is 1. The van der Waals surface area contributed by atoms with Gasteiger partial charge in [0, 0.05) is 32.1 Å². The third-order valence-corrected chi connectivity index (χ3v) is 4.43. The van der Waals surface area contributed by atoms with Gasteiger partial charge in [0.1, 0.15) is 0 Å². The molecule has 0 spiro atoms. The molecule has 5 nitrogen and oxygen atoms in total. The van der Waals surface area contributed by atoms with Gasteiger partial charge in [-0.3, -0.25) is 4.79 Å². The van der Waals surface area contributed by atoms with Crippen LogP contribution in [0.2, 0.25) is 0 Å². The zero-order chi connectivity index (χ0) is 16.1. The summed E-state index contributed by atoms with van der Waals surface area (Å²) in [4.78, 5) is 16.5. The Kier molecular flexibility index (Phi) is 5.08.